The molecule has 1 unspecified atom stereocenters. The fourth-order valence-corrected chi connectivity index (χ4v) is 9.34. The van der Waals surface area contributed by atoms with Gasteiger partial charge in [0.2, 0.25) is 0 Å². The number of benzene rings is 5. The van der Waals surface area contributed by atoms with Gasteiger partial charge in [0.05, 0.1) is 17.4 Å². The molecule has 0 spiro atoms. The zero-order valence-electron chi connectivity index (χ0n) is 36.3. The van der Waals surface area contributed by atoms with E-state index in [2.05, 4.69) is 224 Å². The van der Waals surface area contributed by atoms with Crippen LogP contribution in [0.15, 0.2) is 235 Å². The summed E-state index contributed by atoms with van der Waals surface area (Å²) in [5.41, 5.74) is 19.2. The van der Waals surface area contributed by atoms with Gasteiger partial charge in [-0.1, -0.05) is 177 Å². The molecule has 63 heavy (non-hydrogen) atoms. The van der Waals surface area contributed by atoms with Gasteiger partial charge in [-0.25, -0.2) is 0 Å². The second-order valence-electron chi connectivity index (χ2n) is 16.5. The van der Waals surface area contributed by atoms with Gasteiger partial charge in [0.25, 0.3) is 0 Å². The molecule has 3 heterocycles. The molecule has 3 aliphatic heterocycles. The molecular weight excluding hydrogens is 763 g/mol. The Balaban J connectivity index is 1.22. The molecule has 0 amide bonds. The van der Waals surface area contributed by atoms with Gasteiger partial charge in [-0.3, -0.25) is 4.99 Å². The Morgan fingerprint density at radius 3 is 2.30 bits per heavy atom. The summed E-state index contributed by atoms with van der Waals surface area (Å²) in [7, 11) is 0. The molecule has 0 aromatic heterocycles. The fraction of sp³-hybridized carbons (Fsp3) is 0.150. The molecule has 0 bridgehead atoms. The van der Waals surface area contributed by atoms with Crippen LogP contribution in [-0.4, -0.2) is 18.8 Å². The third-order valence-electron chi connectivity index (χ3n) is 12.5. The Kier molecular flexibility index (Phi) is 12.6. The number of fused-ring (bicyclic) bond motifs is 2. The van der Waals surface area contributed by atoms with Crippen molar-refractivity contribution >= 4 is 39.5 Å². The number of nitrogens with zero attached hydrogens (tertiary/aromatic N) is 3. The van der Waals surface area contributed by atoms with E-state index in [9.17, 15) is 0 Å². The third kappa shape index (κ3) is 9.06. The Hall–Kier alpha value is -7.23. The molecule has 0 saturated carbocycles. The summed E-state index contributed by atoms with van der Waals surface area (Å²) in [6.45, 7) is 12.6. The van der Waals surface area contributed by atoms with Crippen molar-refractivity contribution in [2.75, 3.05) is 22.9 Å². The third-order valence-corrected chi connectivity index (χ3v) is 12.5. The molecular formula is C60H55N3. The lowest BCUT2D eigenvalue weighted by atomic mass is 9.87. The van der Waals surface area contributed by atoms with Crippen LogP contribution in [0.2, 0.25) is 0 Å². The summed E-state index contributed by atoms with van der Waals surface area (Å²) in [5.74, 6) is 0. The number of para-hydroxylation sites is 2. The molecule has 5 aromatic rings. The molecule has 0 radical (unpaired) electrons. The molecule has 4 aliphatic rings. The van der Waals surface area contributed by atoms with Crippen LogP contribution in [0.4, 0.5) is 17.1 Å². The minimum Gasteiger partial charge on any atom is -0.341 e. The predicted molar refractivity (Wildman–Crippen MR) is 271 cm³/mol. The smallest absolute Gasteiger partial charge is 0.0811 e. The lowest BCUT2D eigenvalue weighted by molar-refractivity contribution is 0.688. The highest BCUT2D eigenvalue weighted by Crippen LogP contribution is 2.44. The maximum Gasteiger partial charge on any atom is 0.0811 e. The van der Waals surface area contributed by atoms with Crippen LogP contribution in [0, 0.1) is 0 Å². The van der Waals surface area contributed by atoms with Crippen molar-refractivity contribution in [3.05, 3.63) is 264 Å². The molecule has 1 aliphatic carbocycles. The normalized spacial score (nSPS) is 20.2. The predicted octanol–water partition coefficient (Wildman–Crippen LogP) is 15.1. The van der Waals surface area contributed by atoms with E-state index in [0.717, 1.165) is 66.6 Å². The van der Waals surface area contributed by atoms with Crippen molar-refractivity contribution in [1.29, 1.82) is 0 Å². The van der Waals surface area contributed by atoms with Crippen LogP contribution < -0.4 is 9.80 Å². The molecule has 3 heteroatoms. The molecule has 1 atom stereocenters. The first kappa shape index (κ1) is 41.1. The standard InChI is InChI=1S/C60H55N3/c1-4-6-22-45(5-2)52-40-51-35-34-46(50-36-38-62(53-30-17-10-18-31-53)59-33-20-19-32-55(59)44(3)39-50)29-21-37-63(60(51)56(41-52)47-23-11-7-12-24-47)54-42-57(48-25-13-8-14-26-48)61-58(43-54)49-27-15-9-16-28-49/h4-11,13-23,25-34,39-42,58H,2-3,12,24,35-38,43H2,1H3/b6-4-,29-21-,45-22+,46-34+,50-39+. The highest BCUT2D eigenvalue weighted by molar-refractivity contribution is 6.10. The van der Waals surface area contributed by atoms with Crippen LogP contribution in [0.5, 0.6) is 0 Å². The molecule has 0 saturated heterocycles. The van der Waals surface area contributed by atoms with Gasteiger partial charge in [-0.2, -0.15) is 0 Å². The van der Waals surface area contributed by atoms with Crippen LogP contribution in [0.1, 0.15) is 72.0 Å². The zero-order chi connectivity index (χ0) is 43.0. The minimum absolute atomic E-state index is 0.0210. The summed E-state index contributed by atoms with van der Waals surface area (Å²) in [4.78, 5) is 10.5. The van der Waals surface area contributed by atoms with Crippen molar-refractivity contribution < 1.29 is 0 Å². The second-order valence-corrected chi connectivity index (χ2v) is 16.5. The number of dihydropyridines is 1. The monoisotopic (exact) mass is 817 g/mol. The van der Waals surface area contributed by atoms with Crippen LogP contribution in [0.25, 0.3) is 16.7 Å². The highest BCUT2D eigenvalue weighted by Gasteiger charge is 2.28. The Labute approximate surface area is 374 Å². The SMILES string of the molecule is C=C/C(=C\C=C/C)c1cc2c(c(C3=CC=CCC3)c1)N(C1=CC(c3ccccc3)=NC(c3ccccc3)C1)C\C=C/C(C1=C/C(=C)c3ccccc3N(c3ccccc3)CC\1)=C\C2. The summed E-state index contributed by atoms with van der Waals surface area (Å²) < 4.78 is 0. The summed E-state index contributed by atoms with van der Waals surface area (Å²) in [6, 6.07) is 45.7. The average Bonchev–Trinajstić information content (AvgIpc) is 3.43. The van der Waals surface area contributed by atoms with Gasteiger partial charge in [0.15, 0.2) is 0 Å². The first-order valence-electron chi connectivity index (χ1n) is 22.4. The van der Waals surface area contributed by atoms with Gasteiger partial charge < -0.3 is 9.80 Å². The van der Waals surface area contributed by atoms with Crippen LogP contribution in [-0.2, 0) is 6.42 Å². The summed E-state index contributed by atoms with van der Waals surface area (Å²) in [6.07, 6.45) is 31.5. The molecule has 9 rings (SSSR count). The van der Waals surface area contributed by atoms with E-state index in [1.807, 2.05) is 6.08 Å². The lowest BCUT2D eigenvalue weighted by Crippen LogP contribution is -2.29. The van der Waals surface area contributed by atoms with Crippen molar-refractivity contribution in [1.82, 2.24) is 0 Å². The van der Waals surface area contributed by atoms with Gasteiger partial charge in [0.1, 0.15) is 0 Å². The quantitative estimate of drug-likeness (QED) is 0.138. The first-order chi connectivity index (χ1) is 31.1. The topological polar surface area (TPSA) is 18.8 Å². The van der Waals surface area contributed by atoms with E-state index in [-0.39, 0.29) is 6.04 Å². The Morgan fingerprint density at radius 2 is 1.54 bits per heavy atom. The summed E-state index contributed by atoms with van der Waals surface area (Å²) in [5, 5.41) is 0. The second kappa shape index (κ2) is 19.2. The molecule has 5 aromatic carbocycles. The zero-order valence-corrected chi connectivity index (χ0v) is 36.3. The van der Waals surface area contributed by atoms with Crippen molar-refractivity contribution in [3.8, 4) is 0 Å². The highest BCUT2D eigenvalue weighted by atomic mass is 15.2. The van der Waals surface area contributed by atoms with E-state index in [4.69, 9.17) is 4.99 Å². The van der Waals surface area contributed by atoms with E-state index < -0.39 is 0 Å². The van der Waals surface area contributed by atoms with Crippen molar-refractivity contribution in [2.24, 2.45) is 4.99 Å². The van der Waals surface area contributed by atoms with Gasteiger partial charge in [-0.15, -0.1) is 0 Å². The number of hydrogen-bond donors (Lipinski definition) is 0. The van der Waals surface area contributed by atoms with E-state index >= 15 is 0 Å². The number of allylic oxidation sites excluding steroid dienone is 15. The molecule has 0 fully saturated rings. The van der Waals surface area contributed by atoms with E-state index in [1.54, 1.807) is 0 Å². The first-order valence-corrected chi connectivity index (χ1v) is 22.4. The average molecular weight is 818 g/mol. The number of anilines is 3. The maximum atomic E-state index is 5.43. The molecule has 310 valence electrons. The van der Waals surface area contributed by atoms with E-state index in [0.29, 0.717) is 6.54 Å². The van der Waals surface area contributed by atoms with Crippen molar-refractivity contribution in [2.45, 2.75) is 45.1 Å². The minimum atomic E-state index is -0.0210. The molecule has 0 N–H and O–H groups in total. The van der Waals surface area contributed by atoms with Gasteiger partial charge in [0, 0.05) is 47.7 Å². The van der Waals surface area contributed by atoms with Crippen molar-refractivity contribution in [3.63, 3.8) is 0 Å². The number of hydrogen-bond acceptors (Lipinski definition) is 3. The number of rotatable bonds is 9. The van der Waals surface area contributed by atoms with Gasteiger partial charge in [-0.05, 0) is 119 Å². The van der Waals surface area contributed by atoms with Gasteiger partial charge >= 0.3 is 0 Å². The maximum absolute atomic E-state index is 5.43. The van der Waals surface area contributed by atoms with E-state index in [1.165, 1.54) is 61.7 Å². The Morgan fingerprint density at radius 1 is 0.778 bits per heavy atom. The van der Waals surface area contributed by atoms with Crippen LogP contribution >= 0.6 is 0 Å². The summed E-state index contributed by atoms with van der Waals surface area (Å²) >= 11 is 0. The molecule has 3 nitrogen and oxygen atoms in total. The largest absolute Gasteiger partial charge is 0.341 e. The Bertz CT molecular complexity index is 2790. The van der Waals surface area contributed by atoms with Crippen LogP contribution in [0.3, 0.4) is 0 Å². The number of aliphatic imine (C=N–C) groups is 1. The fourth-order valence-electron chi connectivity index (χ4n) is 9.34. The lowest BCUT2D eigenvalue weighted by Gasteiger charge is -2.35.